The number of aryl methyl sites for hydroxylation is 5. The standard InChI is InChI=1S/C31H35N3O2/c1-21-12-14-29(24(4)17-21)36-16-8-7-15-33-27-10-6-5-9-26(27)32-31(33)25-19-30(35)34(20-25)28-18-22(2)11-13-23(28)3/h5-6,9-14,17-18,25H,7-8,15-16,19-20H2,1-4H3. The monoisotopic (exact) mass is 481 g/mol. The molecule has 0 bridgehead atoms. The highest BCUT2D eigenvalue weighted by molar-refractivity contribution is 5.97. The zero-order valence-electron chi connectivity index (χ0n) is 21.8. The molecule has 36 heavy (non-hydrogen) atoms. The quantitative estimate of drug-likeness (QED) is 0.265. The summed E-state index contributed by atoms with van der Waals surface area (Å²) in [5, 5.41) is 0. The van der Waals surface area contributed by atoms with E-state index in [1.165, 1.54) is 16.7 Å². The Labute approximate surface area is 213 Å². The number of hydrogen-bond acceptors (Lipinski definition) is 3. The van der Waals surface area contributed by atoms with E-state index in [1.54, 1.807) is 0 Å². The minimum atomic E-state index is 0.0799. The van der Waals surface area contributed by atoms with E-state index >= 15 is 0 Å². The van der Waals surface area contributed by atoms with Crippen LogP contribution in [0.3, 0.4) is 0 Å². The fourth-order valence-corrected chi connectivity index (χ4v) is 5.28. The number of carbonyl (C=O) groups is 1. The number of benzene rings is 3. The first-order chi connectivity index (χ1) is 17.4. The highest BCUT2D eigenvalue weighted by Gasteiger charge is 2.35. The zero-order chi connectivity index (χ0) is 25.2. The van der Waals surface area contributed by atoms with Crippen LogP contribution in [0.5, 0.6) is 5.75 Å². The number of aromatic nitrogens is 2. The maximum Gasteiger partial charge on any atom is 0.227 e. The molecule has 1 fully saturated rings. The van der Waals surface area contributed by atoms with Crippen LogP contribution in [-0.4, -0.2) is 28.6 Å². The Morgan fingerprint density at radius 3 is 2.53 bits per heavy atom. The van der Waals surface area contributed by atoms with Crippen LogP contribution in [0.2, 0.25) is 0 Å². The number of unbranched alkanes of at least 4 members (excludes halogenated alkanes) is 1. The number of fused-ring (bicyclic) bond motifs is 1. The Morgan fingerprint density at radius 1 is 0.917 bits per heavy atom. The van der Waals surface area contributed by atoms with Gasteiger partial charge in [-0.1, -0.05) is 42.0 Å². The molecule has 1 saturated heterocycles. The maximum atomic E-state index is 13.1. The van der Waals surface area contributed by atoms with Gasteiger partial charge in [-0.3, -0.25) is 4.79 Å². The molecule has 3 aromatic carbocycles. The van der Waals surface area contributed by atoms with Gasteiger partial charge in [-0.25, -0.2) is 4.98 Å². The van der Waals surface area contributed by atoms with Crippen molar-refractivity contribution in [2.45, 2.75) is 59.4 Å². The molecular weight excluding hydrogens is 446 g/mol. The molecule has 1 unspecified atom stereocenters. The highest BCUT2D eigenvalue weighted by atomic mass is 16.5. The van der Waals surface area contributed by atoms with Gasteiger partial charge in [0.2, 0.25) is 5.91 Å². The van der Waals surface area contributed by atoms with Crippen molar-refractivity contribution in [1.29, 1.82) is 0 Å². The number of amides is 1. The van der Waals surface area contributed by atoms with Crippen molar-refractivity contribution in [3.8, 4) is 5.75 Å². The minimum Gasteiger partial charge on any atom is -0.493 e. The van der Waals surface area contributed by atoms with Gasteiger partial charge in [-0.15, -0.1) is 0 Å². The summed E-state index contributed by atoms with van der Waals surface area (Å²) in [4.78, 5) is 20.1. The van der Waals surface area contributed by atoms with Crippen molar-refractivity contribution < 1.29 is 9.53 Å². The number of nitrogens with zero attached hydrogens (tertiary/aromatic N) is 3. The van der Waals surface area contributed by atoms with Crippen molar-refractivity contribution in [2.75, 3.05) is 18.1 Å². The molecule has 1 atom stereocenters. The number of rotatable bonds is 8. The maximum absolute atomic E-state index is 13.1. The lowest BCUT2D eigenvalue weighted by atomic mass is 10.1. The Kier molecular flexibility index (Phi) is 6.82. The largest absolute Gasteiger partial charge is 0.493 e. The van der Waals surface area contributed by atoms with E-state index < -0.39 is 0 Å². The summed E-state index contributed by atoms with van der Waals surface area (Å²) in [5.41, 5.74) is 7.89. The number of hydrogen-bond donors (Lipinski definition) is 0. The second-order valence-electron chi connectivity index (χ2n) is 10.1. The molecule has 5 rings (SSSR count). The van der Waals surface area contributed by atoms with Crippen molar-refractivity contribution in [2.24, 2.45) is 0 Å². The first kappa shape index (κ1) is 24.1. The van der Waals surface area contributed by atoms with Crippen molar-refractivity contribution in [3.63, 3.8) is 0 Å². The summed E-state index contributed by atoms with van der Waals surface area (Å²) in [7, 11) is 0. The first-order valence-electron chi connectivity index (χ1n) is 12.9. The summed E-state index contributed by atoms with van der Waals surface area (Å²) in [6, 6.07) is 20.9. The molecule has 0 saturated carbocycles. The summed E-state index contributed by atoms with van der Waals surface area (Å²) in [5.74, 6) is 2.24. The Morgan fingerprint density at radius 2 is 1.69 bits per heavy atom. The molecule has 0 spiro atoms. The van der Waals surface area contributed by atoms with Crippen LogP contribution in [0, 0.1) is 27.7 Å². The molecule has 0 N–H and O–H groups in total. The van der Waals surface area contributed by atoms with Crippen LogP contribution in [0.25, 0.3) is 11.0 Å². The molecule has 1 aliphatic heterocycles. The van der Waals surface area contributed by atoms with Crippen LogP contribution >= 0.6 is 0 Å². The molecule has 186 valence electrons. The van der Waals surface area contributed by atoms with Gasteiger partial charge in [-0.2, -0.15) is 0 Å². The molecule has 5 nitrogen and oxygen atoms in total. The third-order valence-electron chi connectivity index (χ3n) is 7.19. The van der Waals surface area contributed by atoms with Gasteiger partial charge in [-0.05, 0) is 81.5 Å². The highest BCUT2D eigenvalue weighted by Crippen LogP contribution is 2.35. The third kappa shape index (κ3) is 4.88. The average molecular weight is 482 g/mol. The minimum absolute atomic E-state index is 0.0799. The van der Waals surface area contributed by atoms with Crippen LogP contribution < -0.4 is 9.64 Å². The van der Waals surface area contributed by atoms with Gasteiger partial charge >= 0.3 is 0 Å². The number of para-hydroxylation sites is 2. The Bertz CT molecular complexity index is 1400. The fourth-order valence-electron chi connectivity index (χ4n) is 5.28. The lowest BCUT2D eigenvalue weighted by Gasteiger charge is -2.20. The molecule has 0 aliphatic carbocycles. The smallest absolute Gasteiger partial charge is 0.227 e. The predicted molar refractivity (Wildman–Crippen MR) is 146 cm³/mol. The average Bonchev–Trinajstić information content (AvgIpc) is 3.42. The second-order valence-corrected chi connectivity index (χ2v) is 10.1. The Hall–Kier alpha value is -3.60. The van der Waals surface area contributed by atoms with E-state index in [0.717, 1.165) is 53.2 Å². The van der Waals surface area contributed by atoms with E-state index in [2.05, 4.69) is 86.9 Å². The summed E-state index contributed by atoms with van der Waals surface area (Å²) < 4.78 is 8.38. The van der Waals surface area contributed by atoms with Crippen LogP contribution in [0.1, 0.15) is 53.3 Å². The van der Waals surface area contributed by atoms with E-state index in [1.807, 2.05) is 11.0 Å². The fraction of sp³-hybridized carbons (Fsp3) is 0.355. The number of ether oxygens (including phenoxy) is 1. The summed E-state index contributed by atoms with van der Waals surface area (Å²) in [6.07, 6.45) is 2.43. The number of imidazole rings is 1. The van der Waals surface area contributed by atoms with E-state index in [0.29, 0.717) is 19.6 Å². The molecule has 1 amide bonds. The van der Waals surface area contributed by atoms with Gasteiger partial charge in [0, 0.05) is 31.1 Å². The predicted octanol–water partition coefficient (Wildman–Crippen LogP) is 6.65. The summed E-state index contributed by atoms with van der Waals surface area (Å²) in [6.45, 7) is 10.6. The van der Waals surface area contributed by atoms with Gasteiger partial charge in [0.25, 0.3) is 0 Å². The first-order valence-corrected chi connectivity index (χ1v) is 12.9. The van der Waals surface area contributed by atoms with Gasteiger partial charge in [0.1, 0.15) is 11.6 Å². The molecule has 0 radical (unpaired) electrons. The second kappa shape index (κ2) is 10.2. The van der Waals surface area contributed by atoms with Crippen LogP contribution in [0.15, 0.2) is 60.7 Å². The van der Waals surface area contributed by atoms with Crippen LogP contribution in [-0.2, 0) is 11.3 Å². The van der Waals surface area contributed by atoms with Gasteiger partial charge in [0.15, 0.2) is 0 Å². The van der Waals surface area contributed by atoms with E-state index in [-0.39, 0.29) is 11.8 Å². The molecule has 5 heteroatoms. The normalized spacial score (nSPS) is 15.7. The van der Waals surface area contributed by atoms with Gasteiger partial charge in [0.05, 0.1) is 17.6 Å². The SMILES string of the molecule is Cc1ccc(OCCCCn2c(C3CC(=O)N(c4cc(C)ccc4C)C3)nc3ccccc32)c(C)c1. The summed E-state index contributed by atoms with van der Waals surface area (Å²) >= 11 is 0. The molecule has 2 heterocycles. The van der Waals surface area contributed by atoms with Crippen molar-refractivity contribution in [3.05, 3.63) is 88.7 Å². The molecule has 1 aliphatic rings. The lowest BCUT2D eigenvalue weighted by Crippen LogP contribution is -2.25. The van der Waals surface area contributed by atoms with E-state index in [4.69, 9.17) is 9.72 Å². The van der Waals surface area contributed by atoms with Crippen molar-refractivity contribution >= 4 is 22.6 Å². The van der Waals surface area contributed by atoms with Gasteiger partial charge < -0.3 is 14.2 Å². The number of carbonyl (C=O) groups excluding carboxylic acids is 1. The van der Waals surface area contributed by atoms with E-state index in [9.17, 15) is 4.79 Å². The van der Waals surface area contributed by atoms with Crippen LogP contribution in [0.4, 0.5) is 5.69 Å². The molecular formula is C31H35N3O2. The third-order valence-corrected chi connectivity index (χ3v) is 7.19. The molecule has 1 aromatic heterocycles. The number of anilines is 1. The Balaban J connectivity index is 1.31. The van der Waals surface area contributed by atoms with Crippen molar-refractivity contribution in [1.82, 2.24) is 9.55 Å². The lowest BCUT2D eigenvalue weighted by molar-refractivity contribution is -0.117. The topological polar surface area (TPSA) is 47.4 Å². The zero-order valence-corrected chi connectivity index (χ0v) is 21.8. The molecule has 4 aromatic rings.